The first kappa shape index (κ1) is 23.2. The zero-order chi connectivity index (χ0) is 20.2. The molecule has 1 aliphatic carbocycles. The molecule has 0 N–H and O–H groups in total. The van der Waals surface area contributed by atoms with Crippen LogP contribution >= 0.6 is 0 Å². The van der Waals surface area contributed by atoms with Crippen molar-refractivity contribution in [2.45, 2.75) is 84.4 Å². The summed E-state index contributed by atoms with van der Waals surface area (Å²) in [6.07, 6.45) is 8.93. The van der Waals surface area contributed by atoms with E-state index in [1.54, 1.807) is 0 Å². The SMILES string of the molecule is CCCCOB(OCCCC)OC1=C(C[Si](C)(C)c2ccccc2)CCCC1. The zero-order valence-corrected chi connectivity index (χ0v) is 19.5. The van der Waals surface area contributed by atoms with Crippen molar-refractivity contribution >= 4 is 20.6 Å². The quantitative estimate of drug-likeness (QED) is 0.296. The number of rotatable bonds is 13. The predicted octanol–water partition coefficient (Wildman–Crippen LogP) is 6.07. The Bertz CT molecular complexity index is 579. The lowest BCUT2D eigenvalue weighted by atomic mass is 9.98. The first-order valence-corrected chi connectivity index (χ1v) is 14.4. The van der Waals surface area contributed by atoms with Crippen LogP contribution in [0.3, 0.4) is 0 Å². The molecule has 1 aromatic rings. The maximum absolute atomic E-state index is 6.34. The molecule has 1 aliphatic rings. The van der Waals surface area contributed by atoms with Crippen molar-refractivity contribution in [3.63, 3.8) is 0 Å². The van der Waals surface area contributed by atoms with Gasteiger partial charge in [0.1, 0.15) is 0 Å². The topological polar surface area (TPSA) is 27.7 Å². The number of hydrogen-bond acceptors (Lipinski definition) is 3. The molecule has 1 aromatic carbocycles. The van der Waals surface area contributed by atoms with Crippen LogP contribution < -0.4 is 5.19 Å². The molecule has 0 atom stereocenters. The van der Waals surface area contributed by atoms with E-state index in [-0.39, 0.29) is 0 Å². The van der Waals surface area contributed by atoms with Gasteiger partial charge < -0.3 is 14.0 Å². The summed E-state index contributed by atoms with van der Waals surface area (Å²) in [6.45, 7) is 10.7. The summed E-state index contributed by atoms with van der Waals surface area (Å²) < 4.78 is 18.2. The molecular weight excluding hydrogens is 363 g/mol. The van der Waals surface area contributed by atoms with Gasteiger partial charge >= 0.3 is 7.32 Å². The molecule has 0 bridgehead atoms. The van der Waals surface area contributed by atoms with E-state index in [9.17, 15) is 0 Å². The molecule has 0 saturated carbocycles. The molecule has 0 saturated heterocycles. The summed E-state index contributed by atoms with van der Waals surface area (Å²) >= 11 is 0. The fourth-order valence-corrected chi connectivity index (χ4v) is 6.41. The van der Waals surface area contributed by atoms with E-state index >= 15 is 0 Å². The van der Waals surface area contributed by atoms with Crippen molar-refractivity contribution in [1.82, 2.24) is 0 Å². The highest BCUT2D eigenvalue weighted by Crippen LogP contribution is 2.32. The van der Waals surface area contributed by atoms with Crippen LogP contribution in [0.4, 0.5) is 0 Å². The molecule has 0 unspecified atom stereocenters. The molecule has 0 heterocycles. The average Bonchev–Trinajstić information content (AvgIpc) is 2.70. The third-order valence-corrected chi connectivity index (χ3v) is 8.69. The summed E-state index contributed by atoms with van der Waals surface area (Å²) in [5.41, 5.74) is 1.50. The van der Waals surface area contributed by atoms with Crippen molar-refractivity contribution in [3.05, 3.63) is 41.7 Å². The lowest BCUT2D eigenvalue weighted by molar-refractivity contribution is 0.110. The van der Waals surface area contributed by atoms with Crippen LogP contribution in [0.25, 0.3) is 0 Å². The third-order valence-electron chi connectivity index (χ3n) is 5.48. The molecule has 2 rings (SSSR count). The number of allylic oxidation sites excluding steroid dienone is 2. The minimum Gasteiger partial charge on any atom is -0.515 e. The predicted molar refractivity (Wildman–Crippen MR) is 122 cm³/mol. The highest BCUT2D eigenvalue weighted by molar-refractivity contribution is 6.90. The van der Waals surface area contributed by atoms with Gasteiger partial charge in [-0.05, 0) is 43.7 Å². The maximum Gasteiger partial charge on any atom is 0.712 e. The molecule has 156 valence electrons. The van der Waals surface area contributed by atoms with Gasteiger partial charge in [-0.2, -0.15) is 0 Å². The van der Waals surface area contributed by atoms with Gasteiger partial charge in [-0.25, -0.2) is 0 Å². The Morgan fingerprint density at radius 1 is 0.893 bits per heavy atom. The minimum absolute atomic E-state index is 0.553. The molecule has 0 aromatic heterocycles. The number of unbranched alkanes of at least 4 members (excludes halogenated alkanes) is 2. The highest BCUT2D eigenvalue weighted by Gasteiger charge is 2.31. The van der Waals surface area contributed by atoms with Gasteiger partial charge in [0.05, 0.1) is 13.8 Å². The molecule has 0 aliphatic heterocycles. The Balaban J connectivity index is 2.09. The third kappa shape index (κ3) is 7.77. The molecular formula is C23H39BO3Si. The number of hydrogen-bond donors (Lipinski definition) is 0. The normalized spacial score (nSPS) is 15.0. The van der Waals surface area contributed by atoms with Crippen LogP contribution in [0.1, 0.15) is 65.2 Å². The Morgan fingerprint density at radius 2 is 1.50 bits per heavy atom. The van der Waals surface area contributed by atoms with E-state index in [1.807, 2.05) is 0 Å². The summed E-state index contributed by atoms with van der Waals surface area (Å²) in [4.78, 5) is 0. The fourth-order valence-electron chi connectivity index (χ4n) is 3.67. The second kappa shape index (κ2) is 12.5. The first-order chi connectivity index (χ1) is 13.6. The smallest absolute Gasteiger partial charge is 0.515 e. The van der Waals surface area contributed by atoms with Crippen molar-refractivity contribution in [3.8, 4) is 0 Å². The van der Waals surface area contributed by atoms with E-state index < -0.39 is 15.4 Å². The van der Waals surface area contributed by atoms with Gasteiger partial charge in [0, 0.05) is 19.6 Å². The van der Waals surface area contributed by atoms with Crippen molar-refractivity contribution in [1.29, 1.82) is 0 Å². The lowest BCUT2D eigenvalue weighted by Crippen LogP contribution is -2.41. The van der Waals surface area contributed by atoms with E-state index in [0.29, 0.717) is 13.2 Å². The van der Waals surface area contributed by atoms with E-state index in [2.05, 4.69) is 57.3 Å². The van der Waals surface area contributed by atoms with Gasteiger partial charge in [-0.3, -0.25) is 0 Å². The Hall–Kier alpha value is -1.04. The van der Waals surface area contributed by atoms with E-state index in [0.717, 1.165) is 50.3 Å². The summed E-state index contributed by atoms with van der Waals surface area (Å²) in [6, 6.07) is 12.2. The van der Waals surface area contributed by atoms with Crippen molar-refractivity contribution in [2.24, 2.45) is 0 Å². The van der Waals surface area contributed by atoms with E-state index in [1.165, 1.54) is 23.6 Å². The van der Waals surface area contributed by atoms with Crippen LogP contribution in [-0.2, 0) is 14.0 Å². The van der Waals surface area contributed by atoms with Gasteiger partial charge in [0.2, 0.25) is 0 Å². The Morgan fingerprint density at radius 3 is 2.11 bits per heavy atom. The minimum atomic E-state index is -1.54. The Labute approximate surface area is 174 Å². The van der Waals surface area contributed by atoms with Gasteiger partial charge in [-0.15, -0.1) is 0 Å². The molecule has 0 amide bonds. The molecule has 5 heteroatoms. The van der Waals surface area contributed by atoms with Gasteiger partial charge in [-0.1, -0.05) is 75.3 Å². The van der Waals surface area contributed by atoms with Crippen LogP contribution in [0.15, 0.2) is 41.7 Å². The van der Waals surface area contributed by atoms with Crippen LogP contribution in [-0.4, -0.2) is 28.6 Å². The summed E-state index contributed by atoms with van der Waals surface area (Å²) in [5, 5.41) is 1.52. The van der Waals surface area contributed by atoms with Crippen LogP contribution in [0, 0.1) is 0 Å². The first-order valence-electron chi connectivity index (χ1n) is 11.2. The lowest BCUT2D eigenvalue weighted by Gasteiger charge is -2.29. The summed E-state index contributed by atoms with van der Waals surface area (Å²) in [7, 11) is -2.09. The molecule has 0 fully saturated rings. The molecule has 0 spiro atoms. The van der Waals surface area contributed by atoms with Gasteiger partial charge in [0.25, 0.3) is 0 Å². The van der Waals surface area contributed by atoms with Crippen LogP contribution in [0.2, 0.25) is 19.1 Å². The number of benzene rings is 1. The second-order valence-electron chi connectivity index (χ2n) is 8.52. The van der Waals surface area contributed by atoms with Crippen molar-refractivity contribution < 1.29 is 14.0 Å². The Kier molecular flexibility index (Phi) is 10.4. The van der Waals surface area contributed by atoms with Crippen LogP contribution in [0.5, 0.6) is 0 Å². The standard InChI is InChI=1S/C23H39BO3Si/c1-5-7-18-25-24(26-19-8-6-2)27-23-17-13-12-14-21(23)20-28(3,4)22-15-10-9-11-16-22/h9-11,15-16H,5-8,12-14,17-20H2,1-4H3. The van der Waals surface area contributed by atoms with Crippen molar-refractivity contribution in [2.75, 3.05) is 13.2 Å². The molecule has 0 radical (unpaired) electrons. The fraction of sp³-hybridized carbons (Fsp3) is 0.652. The zero-order valence-electron chi connectivity index (χ0n) is 18.5. The average molecular weight is 402 g/mol. The summed E-state index contributed by atoms with van der Waals surface area (Å²) in [5.74, 6) is 1.14. The van der Waals surface area contributed by atoms with E-state index in [4.69, 9.17) is 14.0 Å². The monoisotopic (exact) mass is 402 g/mol. The largest absolute Gasteiger partial charge is 0.712 e. The van der Waals surface area contributed by atoms with Gasteiger partial charge in [0.15, 0.2) is 0 Å². The second-order valence-corrected chi connectivity index (χ2v) is 13.2. The molecule has 3 nitrogen and oxygen atoms in total. The maximum atomic E-state index is 6.34. The highest BCUT2D eigenvalue weighted by atomic mass is 28.3. The molecule has 28 heavy (non-hydrogen) atoms.